The summed E-state index contributed by atoms with van der Waals surface area (Å²) >= 11 is 0. The van der Waals surface area contributed by atoms with E-state index in [1.165, 1.54) is 0 Å². The van der Waals surface area contributed by atoms with Crippen molar-refractivity contribution in [1.29, 1.82) is 0 Å². The lowest BCUT2D eigenvalue weighted by molar-refractivity contribution is -0.119. The number of nitrogens with zero attached hydrogens (tertiary/aromatic N) is 1. The molecule has 0 aromatic carbocycles. The lowest BCUT2D eigenvalue weighted by atomic mass is 9.95. The third kappa shape index (κ3) is 2.37. The van der Waals surface area contributed by atoms with Crippen molar-refractivity contribution in [3.63, 3.8) is 0 Å². The van der Waals surface area contributed by atoms with Crippen LogP contribution in [0.4, 0.5) is 4.79 Å². The maximum Gasteiger partial charge on any atom is 0.410 e. The van der Waals surface area contributed by atoms with Gasteiger partial charge in [-0.25, -0.2) is 4.79 Å². The van der Waals surface area contributed by atoms with Crippen LogP contribution in [0.3, 0.4) is 0 Å². The monoisotopic (exact) mass is 240 g/mol. The van der Waals surface area contributed by atoms with Crippen molar-refractivity contribution >= 4 is 12.0 Å². The Morgan fingerprint density at radius 2 is 2.18 bits per heavy atom. The van der Waals surface area contributed by atoms with Gasteiger partial charge in [0.15, 0.2) is 0 Å². The van der Waals surface area contributed by atoms with E-state index >= 15 is 0 Å². The Labute approximate surface area is 101 Å². The molecule has 2 heterocycles. The Hall–Kier alpha value is -1.26. The van der Waals surface area contributed by atoms with Gasteiger partial charge in [0.2, 0.25) is 5.91 Å². The molecule has 2 rings (SSSR count). The largest absolute Gasteiger partial charge is 0.444 e. The lowest BCUT2D eigenvalue weighted by Gasteiger charge is -2.34. The summed E-state index contributed by atoms with van der Waals surface area (Å²) < 4.78 is 5.39. The molecule has 2 aliphatic heterocycles. The molecule has 2 fully saturated rings. The van der Waals surface area contributed by atoms with Crippen molar-refractivity contribution < 1.29 is 14.3 Å². The van der Waals surface area contributed by atoms with Crippen molar-refractivity contribution in [2.45, 2.75) is 51.2 Å². The van der Waals surface area contributed by atoms with Gasteiger partial charge >= 0.3 is 6.09 Å². The maximum atomic E-state index is 12.1. The molecule has 17 heavy (non-hydrogen) atoms. The molecule has 2 saturated heterocycles. The van der Waals surface area contributed by atoms with Gasteiger partial charge in [0.1, 0.15) is 5.60 Å². The summed E-state index contributed by atoms with van der Waals surface area (Å²) in [5, 5.41) is 2.81. The van der Waals surface area contributed by atoms with Crippen LogP contribution in [0, 0.1) is 0 Å². The SMILES string of the molecule is CC(C)(C)OC(=O)N1CCCC12CNC(=O)C2. The molecule has 2 amide bonds. The van der Waals surface area contributed by atoms with E-state index in [4.69, 9.17) is 4.74 Å². The molecule has 1 unspecified atom stereocenters. The molecule has 96 valence electrons. The molecule has 0 aliphatic carbocycles. The van der Waals surface area contributed by atoms with Crippen LogP contribution in [-0.4, -0.2) is 41.1 Å². The van der Waals surface area contributed by atoms with Crippen molar-refractivity contribution in [2.75, 3.05) is 13.1 Å². The van der Waals surface area contributed by atoms with Crippen LogP contribution in [0.2, 0.25) is 0 Å². The zero-order chi connectivity index (χ0) is 12.7. The molecule has 0 radical (unpaired) electrons. The molecule has 1 N–H and O–H groups in total. The molecular weight excluding hydrogens is 220 g/mol. The molecule has 0 aromatic rings. The van der Waals surface area contributed by atoms with E-state index in [0.717, 1.165) is 12.8 Å². The van der Waals surface area contributed by atoms with Crippen LogP contribution >= 0.6 is 0 Å². The van der Waals surface area contributed by atoms with Crippen molar-refractivity contribution in [3.05, 3.63) is 0 Å². The highest BCUT2D eigenvalue weighted by atomic mass is 16.6. The summed E-state index contributed by atoms with van der Waals surface area (Å²) in [6.07, 6.45) is 1.93. The number of amides is 2. The summed E-state index contributed by atoms with van der Waals surface area (Å²) in [6, 6.07) is 0. The van der Waals surface area contributed by atoms with Crippen LogP contribution in [-0.2, 0) is 9.53 Å². The zero-order valence-corrected chi connectivity index (χ0v) is 10.7. The van der Waals surface area contributed by atoms with Crippen LogP contribution in [0.25, 0.3) is 0 Å². The minimum Gasteiger partial charge on any atom is -0.444 e. The van der Waals surface area contributed by atoms with E-state index in [2.05, 4.69) is 5.32 Å². The average Bonchev–Trinajstić information content (AvgIpc) is 2.72. The summed E-state index contributed by atoms with van der Waals surface area (Å²) in [4.78, 5) is 25.2. The Morgan fingerprint density at radius 1 is 1.47 bits per heavy atom. The second-order valence-electron chi connectivity index (χ2n) is 5.91. The number of likely N-dealkylation sites (tertiary alicyclic amines) is 1. The van der Waals surface area contributed by atoms with Gasteiger partial charge in [-0.05, 0) is 33.6 Å². The Bertz CT molecular complexity index is 348. The highest BCUT2D eigenvalue weighted by Gasteiger charge is 2.49. The van der Waals surface area contributed by atoms with Gasteiger partial charge in [0.05, 0.1) is 12.0 Å². The fourth-order valence-electron chi connectivity index (χ4n) is 2.59. The van der Waals surface area contributed by atoms with Crippen molar-refractivity contribution in [1.82, 2.24) is 10.2 Å². The Kier molecular flexibility index (Phi) is 2.79. The minimum absolute atomic E-state index is 0.0282. The second-order valence-corrected chi connectivity index (χ2v) is 5.91. The molecule has 0 saturated carbocycles. The van der Waals surface area contributed by atoms with Crippen LogP contribution in [0.1, 0.15) is 40.0 Å². The Balaban J connectivity index is 2.10. The first-order chi connectivity index (χ1) is 7.82. The van der Waals surface area contributed by atoms with Crippen LogP contribution in [0.5, 0.6) is 0 Å². The van der Waals surface area contributed by atoms with Gasteiger partial charge in [-0.3, -0.25) is 4.79 Å². The summed E-state index contributed by atoms with van der Waals surface area (Å²) in [6.45, 7) is 6.80. The van der Waals surface area contributed by atoms with E-state index in [1.54, 1.807) is 4.90 Å². The molecule has 2 aliphatic rings. The van der Waals surface area contributed by atoms with Gasteiger partial charge in [0, 0.05) is 13.1 Å². The van der Waals surface area contributed by atoms with Gasteiger partial charge in [-0.2, -0.15) is 0 Å². The number of rotatable bonds is 0. The second kappa shape index (κ2) is 3.89. The first-order valence-electron chi connectivity index (χ1n) is 6.10. The number of nitrogens with one attached hydrogen (secondary N) is 1. The summed E-state index contributed by atoms with van der Waals surface area (Å²) in [7, 11) is 0. The van der Waals surface area contributed by atoms with Gasteiger partial charge in [-0.1, -0.05) is 0 Å². The number of hydrogen-bond donors (Lipinski definition) is 1. The third-order valence-corrected chi connectivity index (χ3v) is 3.31. The predicted octanol–water partition coefficient (Wildman–Crippen LogP) is 1.28. The minimum atomic E-state index is -0.489. The van der Waals surface area contributed by atoms with Crippen molar-refractivity contribution in [2.24, 2.45) is 0 Å². The fraction of sp³-hybridized carbons (Fsp3) is 0.833. The smallest absolute Gasteiger partial charge is 0.410 e. The molecule has 1 spiro atoms. The van der Waals surface area contributed by atoms with Crippen LogP contribution in [0.15, 0.2) is 0 Å². The van der Waals surface area contributed by atoms with E-state index in [9.17, 15) is 9.59 Å². The Morgan fingerprint density at radius 3 is 2.71 bits per heavy atom. The molecule has 0 bridgehead atoms. The summed E-state index contributed by atoms with van der Waals surface area (Å²) in [5.74, 6) is 0.0282. The molecular formula is C12H20N2O3. The topological polar surface area (TPSA) is 58.6 Å². The number of ether oxygens (including phenoxy) is 1. The maximum absolute atomic E-state index is 12.1. The first kappa shape index (κ1) is 12.2. The van der Waals surface area contributed by atoms with E-state index in [-0.39, 0.29) is 17.5 Å². The van der Waals surface area contributed by atoms with Crippen LogP contribution < -0.4 is 5.32 Å². The first-order valence-corrected chi connectivity index (χ1v) is 6.10. The normalized spacial score (nSPS) is 28.6. The van der Waals surface area contributed by atoms with Gasteiger partial charge < -0.3 is 15.0 Å². The van der Waals surface area contributed by atoms with E-state index in [1.807, 2.05) is 20.8 Å². The van der Waals surface area contributed by atoms with E-state index in [0.29, 0.717) is 19.5 Å². The molecule has 5 heteroatoms. The molecule has 0 aromatic heterocycles. The highest BCUT2D eigenvalue weighted by Crippen LogP contribution is 2.35. The standard InChI is InChI=1S/C12H20N2O3/c1-11(2,3)17-10(16)14-6-4-5-12(14)7-9(15)13-8-12/h4-8H2,1-3H3,(H,13,15). The number of hydrogen-bond acceptors (Lipinski definition) is 3. The van der Waals surface area contributed by atoms with Gasteiger partial charge in [0.25, 0.3) is 0 Å². The number of carbonyl (C=O) groups is 2. The lowest BCUT2D eigenvalue weighted by Crippen LogP contribution is -2.50. The van der Waals surface area contributed by atoms with Crippen molar-refractivity contribution in [3.8, 4) is 0 Å². The average molecular weight is 240 g/mol. The molecule has 5 nitrogen and oxygen atoms in total. The quantitative estimate of drug-likeness (QED) is 0.694. The summed E-state index contributed by atoms with van der Waals surface area (Å²) in [5.41, 5.74) is -0.823. The van der Waals surface area contributed by atoms with E-state index < -0.39 is 5.60 Å². The predicted molar refractivity (Wildman–Crippen MR) is 62.5 cm³/mol. The zero-order valence-electron chi connectivity index (χ0n) is 10.7. The third-order valence-electron chi connectivity index (χ3n) is 3.31. The number of carbonyl (C=O) groups excluding carboxylic acids is 2. The molecule has 1 atom stereocenters. The van der Waals surface area contributed by atoms with Gasteiger partial charge in [-0.15, -0.1) is 0 Å². The highest BCUT2D eigenvalue weighted by molar-refractivity contribution is 5.82. The fourth-order valence-corrected chi connectivity index (χ4v) is 2.59.